The molecule has 18 nitrogen and oxygen atoms in total. The highest BCUT2D eigenvalue weighted by Gasteiger charge is 2.19. The van der Waals surface area contributed by atoms with Crippen molar-refractivity contribution < 1.29 is 55.4 Å². The number of anilines is 4. The first-order valence-corrected chi connectivity index (χ1v) is 19.3. The number of primary sulfonamides is 2. The number of aromatic nitrogens is 2. The van der Waals surface area contributed by atoms with Crippen molar-refractivity contribution in [3.05, 3.63) is 143 Å². The number of nitrogens with one attached hydrogen (secondary N) is 4. The number of carbonyl (C=O) groups excluding carboxylic acids is 2. The summed E-state index contributed by atoms with van der Waals surface area (Å²) in [4.78, 5) is 27.0. The van der Waals surface area contributed by atoms with Gasteiger partial charge in [-0.05, 0) is 48.5 Å². The molecule has 296 valence electrons. The van der Waals surface area contributed by atoms with Gasteiger partial charge in [-0.1, -0.05) is 23.2 Å². The second-order valence-electron chi connectivity index (χ2n) is 10.9. The van der Waals surface area contributed by atoms with Gasteiger partial charge in [-0.3, -0.25) is 0 Å². The molecule has 0 atom stereocenters. The van der Waals surface area contributed by atoms with Gasteiger partial charge in [-0.25, -0.2) is 37.1 Å². The number of nitrogens with two attached hydrogens (primary N) is 4. The molecule has 0 aliphatic carbocycles. The molecule has 0 amide bonds. The summed E-state index contributed by atoms with van der Waals surface area (Å²) >= 11 is 11.6. The molecule has 0 saturated carbocycles. The second-order valence-corrected chi connectivity index (χ2v) is 14.7. The van der Waals surface area contributed by atoms with Crippen molar-refractivity contribution in [3.8, 4) is 0 Å². The number of carboxylic acids is 2. The van der Waals surface area contributed by atoms with Crippen LogP contribution in [0.5, 0.6) is 0 Å². The van der Waals surface area contributed by atoms with Crippen molar-refractivity contribution in [2.24, 2.45) is 10.3 Å². The lowest BCUT2D eigenvalue weighted by molar-refractivity contribution is -0.378. The van der Waals surface area contributed by atoms with Gasteiger partial charge < -0.3 is 50.7 Å². The van der Waals surface area contributed by atoms with Gasteiger partial charge in [0.05, 0.1) is 47.6 Å². The predicted molar refractivity (Wildman–Crippen MR) is 201 cm³/mol. The molecule has 0 aliphatic rings. The number of furan rings is 2. The SMILES string of the molecule is NS(=O)(=O)c1cc(C(=O)[O-])c(NCc2ccco2)cc1Cl.NS(=O)(=O)c1cc(C(=O)[O-])c(NCc2ccco2)cc1Cl.Nc1cc[nH+]cc1.Nc1cc[nH+]cc1. The van der Waals surface area contributed by atoms with Crippen LogP contribution < -0.4 is 52.6 Å². The van der Waals surface area contributed by atoms with Crippen molar-refractivity contribution in [2.45, 2.75) is 22.9 Å². The first-order valence-electron chi connectivity index (χ1n) is 15.5. The molecule has 12 N–H and O–H groups in total. The molecule has 0 spiro atoms. The van der Waals surface area contributed by atoms with Gasteiger partial charge in [0.1, 0.15) is 21.3 Å². The van der Waals surface area contributed by atoms with E-state index in [0.717, 1.165) is 35.6 Å². The van der Waals surface area contributed by atoms with Crippen molar-refractivity contribution in [3.63, 3.8) is 0 Å². The van der Waals surface area contributed by atoms with E-state index < -0.39 is 41.8 Å². The summed E-state index contributed by atoms with van der Waals surface area (Å²) in [6.45, 7) is 0.386. The van der Waals surface area contributed by atoms with E-state index in [1.807, 2.05) is 0 Å². The van der Waals surface area contributed by atoms with E-state index in [0.29, 0.717) is 11.5 Å². The fraction of sp³-hybridized carbons (Fsp3) is 0.0588. The molecule has 0 radical (unpaired) electrons. The number of carbonyl (C=O) groups is 2. The zero-order valence-corrected chi connectivity index (χ0v) is 31.9. The molecule has 22 heteroatoms. The number of carboxylic acid groups (broad SMARTS) is 2. The highest BCUT2D eigenvalue weighted by Crippen LogP contribution is 2.29. The largest absolute Gasteiger partial charge is 0.545 e. The smallest absolute Gasteiger partial charge is 0.239 e. The van der Waals surface area contributed by atoms with Crippen LogP contribution >= 0.6 is 23.2 Å². The van der Waals surface area contributed by atoms with E-state index >= 15 is 0 Å². The normalized spacial score (nSPS) is 10.6. The average Bonchev–Trinajstić information content (AvgIpc) is 3.85. The molecule has 6 rings (SSSR count). The Morgan fingerprint density at radius 1 is 0.625 bits per heavy atom. The van der Waals surface area contributed by atoms with Crippen LogP contribution in [0.2, 0.25) is 10.0 Å². The number of hydrogen-bond acceptors (Lipinski definition) is 14. The van der Waals surface area contributed by atoms with E-state index in [2.05, 4.69) is 20.6 Å². The van der Waals surface area contributed by atoms with Gasteiger partial charge in [-0.2, -0.15) is 0 Å². The molecule has 0 bridgehead atoms. The maximum atomic E-state index is 11.3. The lowest BCUT2D eigenvalue weighted by Gasteiger charge is -2.14. The molecule has 2 aromatic carbocycles. The molecule has 6 aromatic rings. The summed E-state index contributed by atoms with van der Waals surface area (Å²) in [6.07, 6.45) is 10.1. The number of sulfonamides is 2. The average molecular weight is 850 g/mol. The van der Waals surface area contributed by atoms with Gasteiger partial charge in [-0.15, -0.1) is 0 Å². The van der Waals surface area contributed by atoms with Crippen LogP contribution in [-0.2, 0) is 33.1 Å². The molecule has 4 aromatic heterocycles. The molecule has 0 unspecified atom stereocenters. The summed E-state index contributed by atoms with van der Waals surface area (Å²) in [5.41, 5.74) is 11.7. The van der Waals surface area contributed by atoms with E-state index in [4.69, 9.17) is 53.8 Å². The Labute approximate surface area is 330 Å². The maximum Gasteiger partial charge on any atom is 0.239 e. The van der Waals surface area contributed by atoms with Crippen molar-refractivity contribution in [1.29, 1.82) is 0 Å². The number of halogens is 2. The Balaban J connectivity index is 0.000000224. The van der Waals surface area contributed by atoms with Crippen LogP contribution in [0.15, 0.2) is 129 Å². The van der Waals surface area contributed by atoms with Crippen LogP contribution in [-0.4, -0.2) is 28.8 Å². The molecule has 0 aliphatic heterocycles. The third-order valence-electron chi connectivity index (χ3n) is 6.75. The molecule has 0 saturated heterocycles. The summed E-state index contributed by atoms with van der Waals surface area (Å²) in [7, 11) is -8.27. The standard InChI is InChI=1S/2C12H11ClN2O5S.2C5H6N2/c2*13-9-5-10(15-6-7-2-1-3-20-7)8(12(16)17)4-11(9)21(14,18)19;2*6-5-1-3-7-4-2-5/h2*1-5,15H,6H2,(H,16,17)(H2,14,18,19);2*1-4H,(H2,6,7). The van der Waals surface area contributed by atoms with E-state index in [9.17, 15) is 36.6 Å². The molecular formula is C34H34Cl2N8O10S2. The number of benzene rings is 2. The fourth-order valence-electron chi connectivity index (χ4n) is 4.16. The number of aromatic carboxylic acids is 2. The van der Waals surface area contributed by atoms with Gasteiger partial charge in [0.15, 0.2) is 24.8 Å². The van der Waals surface area contributed by atoms with Crippen LogP contribution in [0.3, 0.4) is 0 Å². The zero-order valence-electron chi connectivity index (χ0n) is 28.8. The lowest BCUT2D eigenvalue weighted by Crippen LogP contribution is -2.25. The van der Waals surface area contributed by atoms with Crippen molar-refractivity contribution >= 4 is 77.9 Å². The number of aromatic amines is 2. The Bertz CT molecular complexity index is 2250. The van der Waals surface area contributed by atoms with Crippen molar-refractivity contribution in [2.75, 3.05) is 22.1 Å². The van der Waals surface area contributed by atoms with E-state index in [1.54, 1.807) is 73.3 Å². The Morgan fingerprint density at radius 3 is 1.20 bits per heavy atom. The Hall–Kier alpha value is -6.16. The maximum absolute atomic E-state index is 11.3. The van der Waals surface area contributed by atoms with Crippen molar-refractivity contribution in [1.82, 2.24) is 0 Å². The monoisotopic (exact) mass is 848 g/mol. The number of hydrogen-bond donors (Lipinski definition) is 6. The summed E-state index contributed by atoms with van der Waals surface area (Å²) in [6, 6.07) is 18.0. The highest BCUT2D eigenvalue weighted by atomic mass is 35.5. The zero-order chi connectivity index (χ0) is 41.5. The van der Waals surface area contributed by atoms with Gasteiger partial charge >= 0.3 is 0 Å². The number of pyridine rings is 2. The second kappa shape index (κ2) is 20.5. The van der Waals surface area contributed by atoms with Crippen LogP contribution in [0.4, 0.5) is 22.7 Å². The van der Waals surface area contributed by atoms with E-state index in [1.165, 1.54) is 12.5 Å². The number of nitrogen functional groups attached to an aromatic ring is 2. The minimum atomic E-state index is -4.13. The third kappa shape index (κ3) is 14.2. The molecule has 56 heavy (non-hydrogen) atoms. The number of H-pyrrole nitrogens is 2. The molecular weight excluding hydrogens is 815 g/mol. The Morgan fingerprint density at radius 2 is 0.964 bits per heavy atom. The van der Waals surface area contributed by atoms with Crippen LogP contribution in [0, 0.1) is 0 Å². The molecule has 4 heterocycles. The first kappa shape index (κ1) is 44.2. The predicted octanol–water partition coefficient (Wildman–Crippen LogP) is 1.28. The van der Waals surface area contributed by atoms with E-state index in [-0.39, 0.29) is 45.6 Å². The highest BCUT2D eigenvalue weighted by molar-refractivity contribution is 7.89. The van der Waals surface area contributed by atoms with Gasteiger partial charge in [0.25, 0.3) is 0 Å². The first-order chi connectivity index (χ1) is 26.4. The third-order valence-corrected chi connectivity index (χ3v) is 9.50. The Kier molecular flexibility index (Phi) is 16.2. The van der Waals surface area contributed by atoms with Gasteiger partial charge in [0.2, 0.25) is 20.0 Å². The fourth-order valence-corrected chi connectivity index (χ4v) is 6.36. The van der Waals surface area contributed by atoms with Crippen LogP contribution in [0.25, 0.3) is 0 Å². The minimum absolute atomic E-state index is 0.101. The molecule has 0 fully saturated rings. The van der Waals surface area contributed by atoms with Gasteiger partial charge in [0, 0.05) is 58.1 Å². The number of rotatable bonds is 10. The quantitative estimate of drug-likeness (QED) is 0.113. The van der Waals surface area contributed by atoms with Crippen LogP contribution in [0.1, 0.15) is 32.2 Å². The minimum Gasteiger partial charge on any atom is -0.545 e. The summed E-state index contributed by atoms with van der Waals surface area (Å²) in [5, 5.41) is 37.4. The summed E-state index contributed by atoms with van der Waals surface area (Å²) < 4.78 is 55.5. The topological polar surface area (TPSA) is 331 Å². The summed E-state index contributed by atoms with van der Waals surface area (Å²) in [5.74, 6) is -1.99. The lowest BCUT2D eigenvalue weighted by atomic mass is 10.1.